The number of likely N-dealkylation sites (tertiary alicyclic amines) is 1. The number of nitrogens with zero attached hydrogens (tertiary/aromatic N) is 4. The predicted molar refractivity (Wildman–Crippen MR) is 140 cm³/mol. The molecule has 0 spiro atoms. The van der Waals surface area contributed by atoms with E-state index in [-0.39, 0.29) is 42.7 Å². The third-order valence-corrected chi connectivity index (χ3v) is 7.21. The second-order valence-electron chi connectivity index (χ2n) is 10.1. The standard InChI is InChI=1S/C26H32F3N7O3/c1-2-38-18-4-6-35(14-18)11-15-7-21-23(33-9-15)22(24(31)39-21)25(37)34-19-10-32-5-3-20(19)36-12-16(26(27,28)29)8-17(30)13-36/h3,5,7,9-10,16-18H,2,4,6,8,11-14,30-31H2,1H3,(H,34,37)/t16-,17+,18?/m0/s1. The van der Waals surface area contributed by atoms with E-state index >= 15 is 0 Å². The van der Waals surface area contributed by atoms with Gasteiger partial charge in [-0.25, -0.2) is 0 Å². The van der Waals surface area contributed by atoms with Crippen LogP contribution in [0.25, 0.3) is 11.1 Å². The number of hydrogen-bond acceptors (Lipinski definition) is 9. The van der Waals surface area contributed by atoms with Crippen LogP contribution in [0.15, 0.2) is 35.1 Å². The Balaban J connectivity index is 1.34. The minimum Gasteiger partial charge on any atom is -0.438 e. The Morgan fingerprint density at radius 3 is 2.87 bits per heavy atom. The maximum absolute atomic E-state index is 13.5. The first-order chi connectivity index (χ1) is 18.6. The largest absolute Gasteiger partial charge is 0.438 e. The predicted octanol–water partition coefficient (Wildman–Crippen LogP) is 3.38. The monoisotopic (exact) mass is 547 g/mol. The third-order valence-electron chi connectivity index (χ3n) is 7.21. The molecule has 2 fully saturated rings. The summed E-state index contributed by atoms with van der Waals surface area (Å²) in [5.74, 6) is -2.28. The number of furan rings is 1. The van der Waals surface area contributed by atoms with Gasteiger partial charge in [-0.05, 0) is 37.5 Å². The van der Waals surface area contributed by atoms with Gasteiger partial charge >= 0.3 is 6.18 Å². The van der Waals surface area contributed by atoms with Crippen molar-refractivity contribution >= 4 is 34.3 Å². The fraction of sp³-hybridized carbons (Fsp3) is 0.500. The van der Waals surface area contributed by atoms with Crippen LogP contribution in [0, 0.1) is 5.92 Å². The average molecular weight is 548 g/mol. The number of carbonyl (C=O) groups excluding carboxylic acids is 1. The lowest BCUT2D eigenvalue weighted by Gasteiger charge is -2.39. The van der Waals surface area contributed by atoms with Crippen molar-refractivity contribution < 1.29 is 27.1 Å². The highest BCUT2D eigenvalue weighted by molar-refractivity contribution is 6.15. The molecule has 1 amide bonds. The van der Waals surface area contributed by atoms with Gasteiger partial charge in [-0.15, -0.1) is 0 Å². The summed E-state index contributed by atoms with van der Waals surface area (Å²) >= 11 is 0. The zero-order valence-corrected chi connectivity index (χ0v) is 21.6. The maximum atomic E-state index is 13.5. The molecule has 210 valence electrons. The number of pyridine rings is 2. The van der Waals surface area contributed by atoms with Gasteiger partial charge < -0.3 is 30.8 Å². The number of hydrogen-bond donors (Lipinski definition) is 3. The van der Waals surface area contributed by atoms with E-state index in [2.05, 4.69) is 20.2 Å². The summed E-state index contributed by atoms with van der Waals surface area (Å²) in [5.41, 5.74) is 14.3. The van der Waals surface area contributed by atoms with Crippen molar-refractivity contribution in [3.8, 4) is 0 Å². The number of halogens is 3. The van der Waals surface area contributed by atoms with Crippen LogP contribution >= 0.6 is 0 Å². The Hall–Kier alpha value is -3.42. The Bertz CT molecular complexity index is 1330. The zero-order chi connectivity index (χ0) is 27.7. The Labute approximate surface area is 223 Å². The van der Waals surface area contributed by atoms with E-state index in [9.17, 15) is 18.0 Å². The van der Waals surface area contributed by atoms with Crippen molar-refractivity contribution in [2.45, 2.75) is 44.6 Å². The van der Waals surface area contributed by atoms with E-state index in [1.165, 1.54) is 17.3 Å². The van der Waals surface area contributed by atoms with Crippen molar-refractivity contribution in [1.82, 2.24) is 14.9 Å². The highest BCUT2D eigenvalue weighted by atomic mass is 19.4. The molecule has 2 saturated heterocycles. The molecule has 13 heteroatoms. The molecule has 0 aromatic carbocycles. The zero-order valence-electron chi connectivity index (χ0n) is 21.6. The van der Waals surface area contributed by atoms with Gasteiger partial charge in [0, 0.05) is 57.8 Å². The molecule has 2 aliphatic heterocycles. The fourth-order valence-electron chi connectivity index (χ4n) is 5.43. The number of nitrogens with one attached hydrogen (secondary N) is 1. The van der Waals surface area contributed by atoms with Crippen LogP contribution in [0.5, 0.6) is 0 Å². The summed E-state index contributed by atoms with van der Waals surface area (Å²) in [6.45, 7) is 5.01. The summed E-state index contributed by atoms with van der Waals surface area (Å²) in [5, 5.41) is 2.73. The lowest BCUT2D eigenvalue weighted by molar-refractivity contribution is -0.177. The van der Waals surface area contributed by atoms with E-state index in [1.807, 2.05) is 13.0 Å². The molecular weight excluding hydrogens is 515 g/mol. The molecule has 0 aliphatic carbocycles. The van der Waals surface area contributed by atoms with E-state index in [0.717, 1.165) is 25.1 Å². The van der Waals surface area contributed by atoms with E-state index in [1.54, 1.807) is 12.3 Å². The van der Waals surface area contributed by atoms with Crippen molar-refractivity contribution in [3.05, 3.63) is 41.9 Å². The smallest absolute Gasteiger partial charge is 0.393 e. The highest BCUT2D eigenvalue weighted by Gasteiger charge is 2.44. The summed E-state index contributed by atoms with van der Waals surface area (Å²) in [6, 6.07) is 2.70. The minimum atomic E-state index is -4.37. The van der Waals surface area contributed by atoms with Gasteiger partial charge in [-0.1, -0.05) is 0 Å². The number of alkyl halides is 3. The Morgan fingerprint density at radius 1 is 1.28 bits per heavy atom. The molecule has 5 N–H and O–H groups in total. The average Bonchev–Trinajstić information content (AvgIpc) is 3.46. The van der Waals surface area contributed by atoms with Gasteiger partial charge in [0.25, 0.3) is 5.91 Å². The molecule has 3 atom stereocenters. The first kappa shape index (κ1) is 27.2. The lowest BCUT2D eigenvalue weighted by atomic mass is 9.93. The second kappa shape index (κ2) is 11.0. The number of ether oxygens (including phenoxy) is 1. The molecule has 10 nitrogen and oxygen atoms in total. The van der Waals surface area contributed by atoms with Crippen molar-refractivity contribution in [3.63, 3.8) is 0 Å². The van der Waals surface area contributed by atoms with E-state index in [0.29, 0.717) is 29.9 Å². The highest BCUT2D eigenvalue weighted by Crippen LogP contribution is 2.37. The molecular formula is C26H32F3N7O3. The Morgan fingerprint density at radius 2 is 2.10 bits per heavy atom. The summed E-state index contributed by atoms with van der Waals surface area (Å²) < 4.78 is 51.8. The summed E-state index contributed by atoms with van der Waals surface area (Å²) in [4.78, 5) is 25.6. The van der Waals surface area contributed by atoms with E-state index < -0.39 is 24.0 Å². The molecule has 1 unspecified atom stereocenters. The number of fused-ring (bicyclic) bond motifs is 1. The van der Waals surface area contributed by atoms with Crippen molar-refractivity contribution in [2.24, 2.45) is 11.7 Å². The number of nitrogens with two attached hydrogens (primary N) is 2. The minimum absolute atomic E-state index is 0.0486. The fourth-order valence-corrected chi connectivity index (χ4v) is 5.43. The van der Waals surface area contributed by atoms with Crippen molar-refractivity contribution in [2.75, 3.05) is 48.7 Å². The van der Waals surface area contributed by atoms with Crippen LogP contribution in [0.4, 0.5) is 30.4 Å². The van der Waals surface area contributed by atoms with Gasteiger partial charge in [0.05, 0.1) is 29.6 Å². The molecule has 0 radical (unpaired) electrons. The SMILES string of the molecule is CCOC1CCN(Cc2cnc3c(C(=O)Nc4cnccc4N4C[C@H](N)C[C@H](C(F)(F)F)C4)c(N)oc3c2)C1. The maximum Gasteiger partial charge on any atom is 0.393 e. The number of aromatic nitrogens is 2. The van der Waals surface area contributed by atoms with Gasteiger partial charge in [-0.2, -0.15) is 13.2 Å². The van der Waals surface area contributed by atoms with Crippen LogP contribution < -0.4 is 21.7 Å². The first-order valence-electron chi connectivity index (χ1n) is 13.0. The molecule has 0 bridgehead atoms. The quantitative estimate of drug-likeness (QED) is 0.407. The summed E-state index contributed by atoms with van der Waals surface area (Å²) in [7, 11) is 0. The van der Waals surface area contributed by atoms with Crippen LogP contribution in [0.3, 0.4) is 0 Å². The number of amides is 1. The van der Waals surface area contributed by atoms with Gasteiger partial charge in [-0.3, -0.25) is 19.7 Å². The molecule has 5 heterocycles. The van der Waals surface area contributed by atoms with Gasteiger partial charge in [0.2, 0.25) is 5.88 Å². The number of rotatable bonds is 7. The number of anilines is 3. The van der Waals surface area contributed by atoms with E-state index in [4.69, 9.17) is 20.6 Å². The Kier molecular flexibility index (Phi) is 7.65. The molecule has 0 saturated carbocycles. The number of nitrogen functional groups attached to an aromatic ring is 1. The van der Waals surface area contributed by atoms with Crippen LogP contribution in [0.2, 0.25) is 0 Å². The molecule has 2 aliphatic rings. The van der Waals surface area contributed by atoms with Crippen molar-refractivity contribution in [1.29, 1.82) is 0 Å². The number of carbonyl (C=O) groups is 1. The molecule has 5 rings (SSSR count). The lowest BCUT2D eigenvalue weighted by Crippen LogP contribution is -2.51. The van der Waals surface area contributed by atoms with Crippen LogP contribution in [0.1, 0.15) is 35.7 Å². The second-order valence-corrected chi connectivity index (χ2v) is 10.1. The number of piperidine rings is 1. The molecule has 3 aromatic rings. The topological polar surface area (TPSA) is 136 Å². The van der Waals surface area contributed by atoms with Crippen LogP contribution in [-0.4, -0.2) is 71.9 Å². The molecule has 39 heavy (non-hydrogen) atoms. The summed E-state index contributed by atoms with van der Waals surface area (Å²) in [6.07, 6.45) is 1.19. The third kappa shape index (κ3) is 5.94. The van der Waals surface area contributed by atoms with Gasteiger partial charge in [0.1, 0.15) is 11.1 Å². The normalized spacial score (nSPS) is 22.5. The van der Waals surface area contributed by atoms with Gasteiger partial charge in [0.15, 0.2) is 5.58 Å². The molecule has 3 aromatic heterocycles. The first-order valence-corrected chi connectivity index (χ1v) is 13.0. The van der Waals surface area contributed by atoms with Crippen LogP contribution in [-0.2, 0) is 11.3 Å².